The van der Waals surface area contributed by atoms with E-state index in [0.29, 0.717) is 5.56 Å². The molecule has 1 amide bonds. The van der Waals surface area contributed by atoms with Gasteiger partial charge in [-0.2, -0.15) is 0 Å². The molecule has 0 aliphatic heterocycles. The predicted octanol–water partition coefficient (Wildman–Crippen LogP) is -0.202. The van der Waals surface area contributed by atoms with Gasteiger partial charge >= 0.3 is 5.97 Å². The van der Waals surface area contributed by atoms with Crippen molar-refractivity contribution in [2.24, 2.45) is 5.14 Å². The van der Waals surface area contributed by atoms with Gasteiger partial charge in [0.15, 0.2) is 5.56 Å². The van der Waals surface area contributed by atoms with E-state index in [4.69, 9.17) is 15.1 Å². The predicted molar refractivity (Wildman–Crippen MR) is 108 cm³/mol. The fourth-order valence-electron chi connectivity index (χ4n) is 2.80. The summed E-state index contributed by atoms with van der Waals surface area (Å²) in [5.74, 6) is -3.39. The smallest absolute Gasteiger partial charge is 0.322 e. The van der Waals surface area contributed by atoms with Crippen LogP contribution < -0.4 is 20.9 Å². The van der Waals surface area contributed by atoms with E-state index in [0.717, 1.165) is 16.9 Å². The maximum atomic E-state index is 12.9. The highest BCUT2D eigenvalue weighted by Crippen LogP contribution is 2.28. The molecule has 0 saturated carbocycles. The molecule has 1 aromatic heterocycles. The molecule has 3 aromatic rings. The van der Waals surface area contributed by atoms with E-state index in [2.05, 4.69) is 0 Å². The Labute approximate surface area is 175 Å². The molecule has 0 aliphatic rings. The van der Waals surface area contributed by atoms with Crippen molar-refractivity contribution in [3.63, 3.8) is 0 Å². The van der Waals surface area contributed by atoms with Crippen molar-refractivity contribution in [1.82, 2.24) is 10.0 Å². The zero-order valence-corrected chi connectivity index (χ0v) is 16.6. The van der Waals surface area contributed by atoms with E-state index in [1.54, 1.807) is 30.3 Å². The summed E-state index contributed by atoms with van der Waals surface area (Å²) in [6, 6.07) is 12.0. The Morgan fingerprint density at radius 2 is 1.81 bits per heavy atom. The summed E-state index contributed by atoms with van der Waals surface area (Å²) in [6.07, 6.45) is 0. The number of aliphatic carboxylic acids is 1. The number of hydrogen-bond donors (Lipinski definition) is 4. The monoisotopic (exact) mass is 447 g/mol. The first kappa shape index (κ1) is 21.8. The number of carbonyl (C=O) groups is 2. The van der Waals surface area contributed by atoms with Crippen LogP contribution in [0.3, 0.4) is 0 Å². The summed E-state index contributed by atoms with van der Waals surface area (Å²) in [5, 5.41) is 26.2. The summed E-state index contributed by atoms with van der Waals surface area (Å²) in [4.78, 5) is 41.2. The Balaban J connectivity index is 2.20. The highest BCUT2D eigenvalue weighted by molar-refractivity contribution is 7.89. The fourth-order valence-corrected chi connectivity index (χ4v) is 3.34. The highest BCUT2D eigenvalue weighted by atomic mass is 32.2. The number of rotatable bonds is 7. The molecule has 0 aliphatic carbocycles. The third-order valence-electron chi connectivity index (χ3n) is 4.24. The molecule has 0 unspecified atom stereocenters. The van der Waals surface area contributed by atoms with Crippen LogP contribution in [0.1, 0.15) is 15.9 Å². The second kappa shape index (κ2) is 8.45. The van der Waals surface area contributed by atoms with Crippen LogP contribution in [0.5, 0.6) is 5.75 Å². The van der Waals surface area contributed by atoms with E-state index in [1.165, 1.54) is 6.07 Å². The van der Waals surface area contributed by atoms with Crippen molar-refractivity contribution < 1.29 is 33.1 Å². The molecular weight excluding hydrogens is 430 g/mol. The number of aromatic hydroxyl groups is 1. The average Bonchev–Trinajstić information content (AvgIpc) is 2.72. The number of fused-ring (bicyclic) bond motifs is 1. The molecule has 1 heterocycles. The number of primary sulfonamides is 1. The molecule has 0 saturated heterocycles. The summed E-state index contributed by atoms with van der Waals surface area (Å²) >= 11 is 0. The molecule has 12 heteroatoms. The van der Waals surface area contributed by atoms with Gasteiger partial charge < -0.3 is 20.4 Å². The van der Waals surface area contributed by atoms with Crippen molar-refractivity contribution in [2.45, 2.75) is 11.5 Å². The lowest BCUT2D eigenvalue weighted by Crippen LogP contribution is -2.37. The topological polar surface area (TPSA) is 178 Å². The lowest BCUT2D eigenvalue weighted by Gasteiger charge is -2.16. The van der Waals surface area contributed by atoms with E-state index in [1.807, 2.05) is 5.32 Å². The van der Waals surface area contributed by atoms with Crippen molar-refractivity contribution in [2.75, 3.05) is 6.54 Å². The van der Waals surface area contributed by atoms with Crippen LogP contribution in [0, 0.1) is 0 Å². The van der Waals surface area contributed by atoms with Crippen LogP contribution in [0.4, 0.5) is 0 Å². The summed E-state index contributed by atoms with van der Waals surface area (Å²) < 4.78 is 24.1. The first-order chi connectivity index (χ1) is 14.6. The number of amides is 1. The van der Waals surface area contributed by atoms with Gasteiger partial charge in [-0.1, -0.05) is 30.3 Å². The minimum absolute atomic E-state index is 0.0272. The molecule has 162 valence electrons. The summed E-state index contributed by atoms with van der Waals surface area (Å²) in [7, 11) is -4.16. The van der Waals surface area contributed by atoms with Gasteiger partial charge in [-0.15, -0.1) is 4.73 Å². The average molecular weight is 447 g/mol. The number of nitrogens with zero attached hydrogens (tertiary/aromatic N) is 1. The SMILES string of the molecule is NS(=O)(=O)c1ccc2c(c1)c(O)c(C(=O)NCC(=O)O)c(=O)n2OCc1ccccc1. The number of pyridine rings is 1. The van der Waals surface area contributed by atoms with Gasteiger partial charge in [0.05, 0.1) is 10.4 Å². The molecule has 31 heavy (non-hydrogen) atoms. The van der Waals surface area contributed by atoms with Crippen molar-refractivity contribution >= 4 is 32.8 Å². The Morgan fingerprint density at radius 1 is 1.13 bits per heavy atom. The maximum Gasteiger partial charge on any atom is 0.322 e. The first-order valence-corrected chi connectivity index (χ1v) is 10.3. The molecule has 2 aromatic carbocycles. The molecule has 3 rings (SSSR count). The number of sulfonamides is 1. The summed E-state index contributed by atoms with van der Waals surface area (Å²) in [6.45, 7) is -0.897. The van der Waals surface area contributed by atoms with Crippen LogP contribution >= 0.6 is 0 Å². The lowest BCUT2D eigenvalue weighted by molar-refractivity contribution is -0.135. The van der Waals surface area contributed by atoms with Crippen LogP contribution in [0.2, 0.25) is 0 Å². The Kier molecular flexibility index (Phi) is 5.95. The second-order valence-electron chi connectivity index (χ2n) is 6.38. The Bertz CT molecular complexity index is 1330. The number of carboxylic acid groups (broad SMARTS) is 1. The minimum Gasteiger partial charge on any atom is -0.506 e. The van der Waals surface area contributed by atoms with Gasteiger partial charge in [0.25, 0.3) is 11.5 Å². The Hall–Kier alpha value is -3.90. The minimum atomic E-state index is -4.16. The Morgan fingerprint density at radius 3 is 2.42 bits per heavy atom. The molecule has 0 bridgehead atoms. The van der Waals surface area contributed by atoms with E-state index < -0.39 is 45.3 Å². The number of nitrogens with one attached hydrogen (secondary N) is 1. The summed E-state index contributed by atoms with van der Waals surface area (Å²) in [5.41, 5.74) is -1.21. The molecule has 0 radical (unpaired) electrons. The third-order valence-corrected chi connectivity index (χ3v) is 5.15. The normalized spacial score (nSPS) is 11.3. The third kappa shape index (κ3) is 4.65. The van der Waals surface area contributed by atoms with Gasteiger partial charge in [-0.25, -0.2) is 13.6 Å². The van der Waals surface area contributed by atoms with Crippen LogP contribution in [0.25, 0.3) is 10.9 Å². The maximum absolute atomic E-state index is 12.9. The van der Waals surface area contributed by atoms with Gasteiger partial charge in [-0.05, 0) is 23.8 Å². The van der Waals surface area contributed by atoms with E-state index in [-0.39, 0.29) is 22.4 Å². The molecule has 0 fully saturated rings. The molecule has 5 N–H and O–H groups in total. The molecular formula is C19H17N3O8S. The standard InChI is InChI=1S/C19H17N3O8S/c20-31(28,29)12-6-7-14-13(8-12)17(25)16(18(26)21-9-15(23)24)19(27)22(14)30-10-11-4-2-1-3-5-11/h1-8,25H,9-10H2,(H,21,26)(H,23,24)(H2,20,28,29). The van der Waals surface area contributed by atoms with Gasteiger partial charge in [0.1, 0.15) is 18.9 Å². The van der Waals surface area contributed by atoms with Crippen LogP contribution in [-0.2, 0) is 21.4 Å². The highest BCUT2D eigenvalue weighted by Gasteiger charge is 2.24. The van der Waals surface area contributed by atoms with E-state index in [9.17, 15) is 27.9 Å². The molecule has 11 nitrogen and oxygen atoms in total. The van der Waals surface area contributed by atoms with Gasteiger partial charge in [-0.3, -0.25) is 14.4 Å². The number of carbonyl (C=O) groups excluding carboxylic acids is 1. The van der Waals surface area contributed by atoms with Crippen molar-refractivity contribution in [3.05, 3.63) is 70.0 Å². The van der Waals surface area contributed by atoms with E-state index >= 15 is 0 Å². The van der Waals surface area contributed by atoms with Crippen LogP contribution in [-0.4, -0.2) is 41.8 Å². The zero-order valence-electron chi connectivity index (χ0n) is 15.8. The van der Waals surface area contributed by atoms with Crippen molar-refractivity contribution in [1.29, 1.82) is 0 Å². The number of benzene rings is 2. The second-order valence-corrected chi connectivity index (χ2v) is 7.94. The number of carboxylic acids is 1. The number of aromatic nitrogens is 1. The fraction of sp³-hybridized carbons (Fsp3) is 0.105. The molecule has 0 atom stereocenters. The van der Waals surface area contributed by atoms with Gasteiger partial charge in [0.2, 0.25) is 10.0 Å². The first-order valence-electron chi connectivity index (χ1n) is 8.71. The number of nitrogens with two attached hydrogens (primary N) is 1. The zero-order chi connectivity index (χ0) is 22.8. The quantitative estimate of drug-likeness (QED) is 0.384. The lowest BCUT2D eigenvalue weighted by atomic mass is 10.1. The molecule has 0 spiro atoms. The van der Waals surface area contributed by atoms with Crippen LogP contribution in [0.15, 0.2) is 58.2 Å². The largest absolute Gasteiger partial charge is 0.506 e. The van der Waals surface area contributed by atoms with Crippen molar-refractivity contribution in [3.8, 4) is 5.75 Å². The van der Waals surface area contributed by atoms with Gasteiger partial charge in [0, 0.05) is 5.39 Å². The number of hydrogen-bond acceptors (Lipinski definition) is 7.